The number of benzene rings is 9. The molecule has 254 valence electrons. The summed E-state index contributed by atoms with van der Waals surface area (Å²) in [4.78, 5) is 0. The fourth-order valence-corrected chi connectivity index (χ4v) is 11.3. The zero-order valence-corrected chi connectivity index (χ0v) is 30.0. The largest absolute Gasteiger partial charge is 0.309 e. The predicted molar refractivity (Wildman–Crippen MR) is 226 cm³/mol. The van der Waals surface area contributed by atoms with E-state index < -0.39 is 10.8 Å². The second kappa shape index (κ2) is 10.4. The molecule has 0 N–H and O–H groups in total. The topological polar surface area (TPSA) is 4.93 Å². The van der Waals surface area contributed by atoms with Gasteiger partial charge in [-0.05, 0) is 108 Å². The minimum atomic E-state index is -0.532. The molecule has 3 aliphatic carbocycles. The summed E-state index contributed by atoms with van der Waals surface area (Å²) in [5.74, 6) is 0. The molecule has 0 atom stereocenters. The Kier molecular flexibility index (Phi) is 5.56. The Labute approximate surface area is 319 Å². The molecular formula is C54H33N. The summed E-state index contributed by atoms with van der Waals surface area (Å²) in [5.41, 5.74) is 18.7. The Morgan fingerprint density at radius 2 is 0.709 bits per heavy atom. The molecule has 0 fully saturated rings. The van der Waals surface area contributed by atoms with Crippen molar-refractivity contribution in [1.29, 1.82) is 0 Å². The van der Waals surface area contributed by atoms with Gasteiger partial charge < -0.3 is 4.57 Å². The molecular weight excluding hydrogens is 663 g/mol. The molecule has 1 aromatic heterocycles. The lowest BCUT2D eigenvalue weighted by Gasteiger charge is -2.49. The third kappa shape index (κ3) is 3.42. The van der Waals surface area contributed by atoms with E-state index in [1.807, 2.05) is 0 Å². The van der Waals surface area contributed by atoms with Crippen LogP contribution in [0.4, 0.5) is 0 Å². The van der Waals surface area contributed by atoms with Crippen molar-refractivity contribution in [1.82, 2.24) is 4.57 Å². The number of aromatic nitrogens is 1. The van der Waals surface area contributed by atoms with Crippen molar-refractivity contribution in [2.75, 3.05) is 0 Å². The van der Waals surface area contributed by atoms with E-state index in [9.17, 15) is 0 Å². The molecule has 55 heavy (non-hydrogen) atoms. The Morgan fingerprint density at radius 3 is 1.27 bits per heavy atom. The standard InChI is InChI=1S/C54H33N/c1-2-16-35-31-36(30-29-34(35)15-1)55-51-28-14-7-21-41(51)42-32-49-50(33-52(42)55)54(45-24-10-5-19-39(45)40-20-6-11-25-46(40)54)48-27-13-12-26-47(48)53(49)43-22-8-3-17-37(43)38-18-4-9-23-44(38)53/h1-33H. The lowest BCUT2D eigenvalue weighted by atomic mass is 9.52. The van der Waals surface area contributed by atoms with Crippen molar-refractivity contribution >= 4 is 32.6 Å². The molecule has 2 spiro atoms. The van der Waals surface area contributed by atoms with Gasteiger partial charge in [-0.25, -0.2) is 0 Å². The van der Waals surface area contributed by atoms with Gasteiger partial charge in [0.1, 0.15) is 0 Å². The summed E-state index contributed by atoms with van der Waals surface area (Å²) < 4.78 is 2.52. The average Bonchev–Trinajstić information content (AvgIpc) is 3.85. The zero-order chi connectivity index (χ0) is 35.9. The highest BCUT2D eigenvalue weighted by atomic mass is 15.0. The zero-order valence-electron chi connectivity index (χ0n) is 30.0. The van der Waals surface area contributed by atoms with Crippen LogP contribution in [0.25, 0.3) is 60.5 Å². The van der Waals surface area contributed by atoms with E-state index in [4.69, 9.17) is 0 Å². The Bertz CT molecular complexity index is 3190. The van der Waals surface area contributed by atoms with E-state index in [2.05, 4.69) is 205 Å². The summed E-state index contributed by atoms with van der Waals surface area (Å²) >= 11 is 0. The van der Waals surface area contributed by atoms with E-state index in [0.717, 1.165) is 0 Å². The molecule has 0 amide bonds. The fraction of sp³-hybridized carbons (Fsp3) is 0.0370. The van der Waals surface area contributed by atoms with Gasteiger partial charge in [0.2, 0.25) is 0 Å². The second-order valence-corrected chi connectivity index (χ2v) is 15.5. The molecule has 0 saturated carbocycles. The third-order valence-electron chi connectivity index (χ3n) is 13.3. The molecule has 0 unspecified atom stereocenters. The molecule has 0 radical (unpaired) electrons. The quantitative estimate of drug-likeness (QED) is 0.161. The minimum Gasteiger partial charge on any atom is -0.309 e. The summed E-state index contributed by atoms with van der Waals surface area (Å²) in [6.45, 7) is 0. The van der Waals surface area contributed by atoms with Gasteiger partial charge in [-0.2, -0.15) is 0 Å². The Morgan fingerprint density at radius 1 is 0.273 bits per heavy atom. The first-order chi connectivity index (χ1) is 27.3. The minimum absolute atomic E-state index is 0.517. The summed E-state index contributed by atoms with van der Waals surface area (Å²) in [7, 11) is 0. The van der Waals surface area contributed by atoms with Gasteiger partial charge >= 0.3 is 0 Å². The number of rotatable bonds is 1. The summed E-state index contributed by atoms with van der Waals surface area (Å²) in [6, 6.07) is 75.9. The van der Waals surface area contributed by atoms with Crippen LogP contribution in [0.15, 0.2) is 200 Å². The Balaban J connectivity index is 1.28. The maximum Gasteiger partial charge on any atom is 0.0720 e. The number of para-hydroxylation sites is 1. The van der Waals surface area contributed by atoms with E-state index >= 15 is 0 Å². The van der Waals surface area contributed by atoms with Crippen LogP contribution >= 0.6 is 0 Å². The molecule has 1 heteroatoms. The van der Waals surface area contributed by atoms with Crippen molar-refractivity contribution in [3.63, 3.8) is 0 Å². The van der Waals surface area contributed by atoms with E-state index in [1.54, 1.807) is 0 Å². The third-order valence-corrected chi connectivity index (χ3v) is 13.3. The highest BCUT2D eigenvalue weighted by molar-refractivity contribution is 6.11. The van der Waals surface area contributed by atoms with Crippen molar-refractivity contribution in [2.24, 2.45) is 0 Å². The van der Waals surface area contributed by atoms with E-state index in [-0.39, 0.29) is 0 Å². The van der Waals surface area contributed by atoms with Crippen molar-refractivity contribution in [3.05, 3.63) is 245 Å². The van der Waals surface area contributed by atoms with Crippen LogP contribution in [0.1, 0.15) is 44.5 Å². The molecule has 13 rings (SSSR count). The molecule has 1 heterocycles. The summed E-state index contributed by atoms with van der Waals surface area (Å²) in [5, 5.41) is 5.03. The van der Waals surface area contributed by atoms with E-state index in [1.165, 1.54) is 105 Å². The molecule has 10 aromatic rings. The van der Waals surface area contributed by atoms with Gasteiger partial charge in [0.25, 0.3) is 0 Å². The van der Waals surface area contributed by atoms with Crippen LogP contribution in [0.3, 0.4) is 0 Å². The number of hydrogen-bond acceptors (Lipinski definition) is 0. The van der Waals surface area contributed by atoms with E-state index in [0.29, 0.717) is 0 Å². The monoisotopic (exact) mass is 695 g/mol. The Hall–Kier alpha value is -6.96. The van der Waals surface area contributed by atoms with Crippen LogP contribution < -0.4 is 0 Å². The smallest absolute Gasteiger partial charge is 0.0720 e. The molecule has 0 aliphatic heterocycles. The first kappa shape index (κ1) is 29.5. The number of nitrogens with zero attached hydrogens (tertiary/aromatic N) is 1. The average molecular weight is 696 g/mol. The van der Waals surface area contributed by atoms with Crippen molar-refractivity contribution in [2.45, 2.75) is 10.8 Å². The van der Waals surface area contributed by atoms with Gasteiger partial charge in [-0.15, -0.1) is 0 Å². The highest BCUT2D eigenvalue weighted by Gasteiger charge is 2.59. The first-order valence-electron chi connectivity index (χ1n) is 19.4. The van der Waals surface area contributed by atoms with Crippen molar-refractivity contribution < 1.29 is 0 Å². The number of fused-ring (bicyclic) bond motifs is 20. The lowest BCUT2D eigenvalue weighted by molar-refractivity contribution is 0.634. The van der Waals surface area contributed by atoms with Crippen molar-refractivity contribution in [3.8, 4) is 27.9 Å². The number of hydrogen-bond donors (Lipinski definition) is 0. The van der Waals surface area contributed by atoms with Crippen LogP contribution in [0, 0.1) is 0 Å². The van der Waals surface area contributed by atoms with Gasteiger partial charge in [-0.1, -0.05) is 170 Å². The van der Waals surface area contributed by atoms with Crippen LogP contribution in [0.2, 0.25) is 0 Å². The van der Waals surface area contributed by atoms with Crippen LogP contribution in [-0.2, 0) is 10.8 Å². The molecule has 1 nitrogen and oxygen atoms in total. The van der Waals surface area contributed by atoms with Crippen LogP contribution in [0.5, 0.6) is 0 Å². The normalized spacial score (nSPS) is 14.8. The predicted octanol–water partition coefficient (Wildman–Crippen LogP) is 13.0. The SMILES string of the molecule is c1ccc2c(c1)-c1ccccc1C21c2ccccc2C2(c3ccccc3-c3ccccc32)c2cc3c(cc21)c1ccccc1n3-c1ccc2ccccc2c1. The fourth-order valence-electron chi connectivity index (χ4n) is 11.3. The summed E-state index contributed by atoms with van der Waals surface area (Å²) in [6.07, 6.45) is 0. The lowest BCUT2D eigenvalue weighted by Crippen LogP contribution is -2.43. The first-order valence-corrected chi connectivity index (χ1v) is 19.4. The maximum atomic E-state index is 2.60. The van der Waals surface area contributed by atoms with Gasteiger partial charge in [0.05, 0.1) is 21.9 Å². The molecule has 0 bridgehead atoms. The second-order valence-electron chi connectivity index (χ2n) is 15.5. The highest BCUT2D eigenvalue weighted by Crippen LogP contribution is 2.67. The van der Waals surface area contributed by atoms with Gasteiger partial charge in [0, 0.05) is 16.5 Å². The molecule has 9 aromatic carbocycles. The van der Waals surface area contributed by atoms with Gasteiger partial charge in [-0.3, -0.25) is 0 Å². The maximum absolute atomic E-state index is 2.60. The molecule has 0 saturated heterocycles. The molecule has 3 aliphatic rings. The van der Waals surface area contributed by atoms with Crippen LogP contribution in [-0.4, -0.2) is 4.57 Å². The van der Waals surface area contributed by atoms with Gasteiger partial charge in [0.15, 0.2) is 0 Å².